The number of methoxy groups -OCH3 is 1. The second-order valence-corrected chi connectivity index (χ2v) is 8.19. The number of carbonyl (C=O) groups is 3. The summed E-state index contributed by atoms with van der Waals surface area (Å²) in [6.07, 6.45) is 0.406. The van der Waals surface area contributed by atoms with Crippen LogP contribution in [0.3, 0.4) is 0 Å². The van der Waals surface area contributed by atoms with Crippen molar-refractivity contribution in [1.29, 1.82) is 0 Å². The van der Waals surface area contributed by atoms with E-state index in [2.05, 4.69) is 10.6 Å². The zero-order valence-corrected chi connectivity index (χ0v) is 19.6. The Kier molecular flexibility index (Phi) is 8.48. The van der Waals surface area contributed by atoms with E-state index in [1.165, 1.54) is 49.6 Å². The van der Waals surface area contributed by atoms with Crippen LogP contribution in [0.2, 0.25) is 0 Å². The fourth-order valence-electron chi connectivity index (χ4n) is 3.47. The lowest BCUT2D eigenvalue weighted by molar-refractivity contribution is -0.142. The molecule has 8 N–H and O–H groups in total. The first-order valence-electron chi connectivity index (χ1n) is 11.1. The molecule has 2 atom stereocenters. The summed E-state index contributed by atoms with van der Waals surface area (Å²) >= 11 is 0. The van der Waals surface area contributed by atoms with Gasteiger partial charge in [0.1, 0.15) is 17.5 Å². The molecule has 188 valence electrons. The lowest BCUT2D eigenvalue weighted by Gasteiger charge is -2.18. The normalized spacial score (nSPS) is 12.3. The summed E-state index contributed by atoms with van der Waals surface area (Å²) in [6, 6.07) is 15.1. The topological polar surface area (TPSA) is 177 Å². The standard InChI is InChI=1S/C26H28N4O6/c1-36-26(35)23(13-16-4-9-19(32)10-5-16)30-24(33)17-6-11-22(20(27)14-17)29-25(34)21(28)12-15-2-7-18(31)8-3-15/h2-11,14,21,23,31-32H,12-13,27-28H2,1H3,(H,29,34)(H,30,33)/t21-,23-/m0/s1. The molecule has 0 aliphatic carbocycles. The largest absolute Gasteiger partial charge is 0.508 e. The molecule has 3 aromatic carbocycles. The molecule has 0 aromatic heterocycles. The van der Waals surface area contributed by atoms with Crippen molar-refractivity contribution in [1.82, 2.24) is 5.32 Å². The Morgan fingerprint density at radius 3 is 1.97 bits per heavy atom. The lowest BCUT2D eigenvalue weighted by Crippen LogP contribution is -2.43. The maximum atomic E-state index is 12.8. The van der Waals surface area contributed by atoms with E-state index in [9.17, 15) is 24.6 Å². The van der Waals surface area contributed by atoms with Crippen LogP contribution in [0.15, 0.2) is 66.7 Å². The van der Waals surface area contributed by atoms with Crippen molar-refractivity contribution >= 4 is 29.2 Å². The summed E-state index contributed by atoms with van der Waals surface area (Å²) in [7, 11) is 1.22. The number of hydrogen-bond donors (Lipinski definition) is 6. The average molecular weight is 493 g/mol. The number of phenols is 2. The van der Waals surface area contributed by atoms with Crippen LogP contribution in [0.25, 0.3) is 0 Å². The van der Waals surface area contributed by atoms with Gasteiger partial charge in [0.25, 0.3) is 5.91 Å². The highest BCUT2D eigenvalue weighted by Gasteiger charge is 2.23. The van der Waals surface area contributed by atoms with E-state index < -0.39 is 29.9 Å². The van der Waals surface area contributed by atoms with Gasteiger partial charge in [0.15, 0.2) is 0 Å². The van der Waals surface area contributed by atoms with Crippen LogP contribution in [0.5, 0.6) is 11.5 Å². The highest BCUT2D eigenvalue weighted by Crippen LogP contribution is 2.21. The minimum absolute atomic E-state index is 0.0846. The number of amides is 2. The van der Waals surface area contributed by atoms with Gasteiger partial charge in [-0.05, 0) is 60.0 Å². The van der Waals surface area contributed by atoms with E-state index in [0.717, 1.165) is 5.56 Å². The highest BCUT2D eigenvalue weighted by molar-refractivity contribution is 6.01. The Bertz CT molecular complexity index is 1230. The van der Waals surface area contributed by atoms with Gasteiger partial charge in [-0.15, -0.1) is 0 Å². The molecule has 0 heterocycles. The maximum absolute atomic E-state index is 12.8. The first kappa shape index (κ1) is 26.0. The highest BCUT2D eigenvalue weighted by atomic mass is 16.5. The van der Waals surface area contributed by atoms with Gasteiger partial charge in [0.05, 0.1) is 24.5 Å². The molecule has 0 radical (unpaired) electrons. The summed E-state index contributed by atoms with van der Waals surface area (Å²) in [6.45, 7) is 0. The molecule has 0 unspecified atom stereocenters. The molecular weight excluding hydrogens is 464 g/mol. The summed E-state index contributed by atoms with van der Waals surface area (Å²) in [4.78, 5) is 37.5. The number of hydrogen-bond acceptors (Lipinski definition) is 8. The van der Waals surface area contributed by atoms with Crippen molar-refractivity contribution in [2.24, 2.45) is 5.73 Å². The molecular formula is C26H28N4O6. The Hall–Kier alpha value is -4.57. The van der Waals surface area contributed by atoms with Crippen LogP contribution in [0, 0.1) is 0 Å². The average Bonchev–Trinajstić information content (AvgIpc) is 2.86. The maximum Gasteiger partial charge on any atom is 0.328 e. The number of benzene rings is 3. The van der Waals surface area contributed by atoms with Crippen molar-refractivity contribution in [3.63, 3.8) is 0 Å². The van der Waals surface area contributed by atoms with Crippen LogP contribution in [0.1, 0.15) is 21.5 Å². The van der Waals surface area contributed by atoms with Crippen LogP contribution in [-0.2, 0) is 27.2 Å². The molecule has 36 heavy (non-hydrogen) atoms. The first-order valence-corrected chi connectivity index (χ1v) is 11.1. The van der Waals surface area contributed by atoms with Crippen molar-refractivity contribution in [2.75, 3.05) is 18.2 Å². The summed E-state index contributed by atoms with van der Waals surface area (Å²) in [5.41, 5.74) is 14.1. The second-order valence-electron chi connectivity index (χ2n) is 8.19. The quantitative estimate of drug-likeness (QED) is 0.193. The molecule has 0 bridgehead atoms. The Morgan fingerprint density at radius 1 is 0.889 bits per heavy atom. The molecule has 10 nitrogen and oxygen atoms in total. The smallest absolute Gasteiger partial charge is 0.328 e. The van der Waals surface area contributed by atoms with Gasteiger partial charge in [0.2, 0.25) is 5.91 Å². The van der Waals surface area contributed by atoms with Crippen molar-refractivity contribution < 1.29 is 29.3 Å². The number of anilines is 2. The van der Waals surface area contributed by atoms with Gasteiger partial charge in [-0.3, -0.25) is 9.59 Å². The van der Waals surface area contributed by atoms with Crippen molar-refractivity contribution in [2.45, 2.75) is 24.9 Å². The number of phenolic OH excluding ortho intramolecular Hbond substituents is 2. The van der Waals surface area contributed by atoms with Crippen LogP contribution in [0.4, 0.5) is 11.4 Å². The third-order valence-electron chi connectivity index (χ3n) is 5.47. The van der Waals surface area contributed by atoms with E-state index in [1.807, 2.05) is 0 Å². The van der Waals surface area contributed by atoms with Crippen LogP contribution < -0.4 is 22.1 Å². The molecule has 0 fully saturated rings. The zero-order valence-electron chi connectivity index (χ0n) is 19.6. The summed E-state index contributed by atoms with van der Waals surface area (Å²) in [5, 5.41) is 24.1. The third kappa shape index (κ3) is 6.97. The first-order chi connectivity index (χ1) is 17.2. The third-order valence-corrected chi connectivity index (χ3v) is 5.47. The fraction of sp³-hybridized carbons (Fsp3) is 0.192. The monoisotopic (exact) mass is 492 g/mol. The molecule has 3 rings (SSSR count). The molecule has 0 spiro atoms. The number of aromatic hydroxyl groups is 2. The number of nitrogens with one attached hydrogen (secondary N) is 2. The molecule has 0 saturated heterocycles. The molecule has 3 aromatic rings. The van der Waals surface area contributed by atoms with Gasteiger partial charge in [-0.1, -0.05) is 24.3 Å². The Morgan fingerprint density at radius 2 is 1.44 bits per heavy atom. The van der Waals surface area contributed by atoms with Crippen LogP contribution >= 0.6 is 0 Å². The SMILES string of the molecule is COC(=O)[C@H](Cc1ccc(O)cc1)NC(=O)c1ccc(NC(=O)[C@@H](N)Cc2ccc(O)cc2)c(N)c1. The lowest BCUT2D eigenvalue weighted by atomic mass is 10.0. The minimum Gasteiger partial charge on any atom is -0.508 e. The number of nitrogen functional groups attached to an aromatic ring is 1. The van der Waals surface area contributed by atoms with Crippen LogP contribution in [-0.4, -0.2) is 47.2 Å². The van der Waals surface area contributed by atoms with E-state index in [-0.39, 0.29) is 41.3 Å². The Labute approximate surface area is 207 Å². The zero-order chi connectivity index (χ0) is 26.2. The van der Waals surface area contributed by atoms with E-state index in [1.54, 1.807) is 24.3 Å². The summed E-state index contributed by atoms with van der Waals surface area (Å²) < 4.78 is 4.80. The van der Waals surface area contributed by atoms with E-state index in [0.29, 0.717) is 5.56 Å². The van der Waals surface area contributed by atoms with Gasteiger partial charge in [0, 0.05) is 12.0 Å². The van der Waals surface area contributed by atoms with Gasteiger partial charge in [-0.2, -0.15) is 0 Å². The van der Waals surface area contributed by atoms with Crippen molar-refractivity contribution in [3.8, 4) is 11.5 Å². The molecule has 0 saturated carbocycles. The van der Waals surface area contributed by atoms with E-state index in [4.69, 9.17) is 16.2 Å². The predicted molar refractivity (Wildman–Crippen MR) is 134 cm³/mol. The predicted octanol–water partition coefficient (Wildman–Crippen LogP) is 1.70. The second kappa shape index (κ2) is 11.7. The Balaban J connectivity index is 1.64. The van der Waals surface area contributed by atoms with Gasteiger partial charge in [-0.25, -0.2) is 4.79 Å². The molecule has 0 aliphatic rings. The number of carbonyl (C=O) groups excluding carboxylic acids is 3. The molecule has 2 amide bonds. The number of rotatable bonds is 9. The molecule has 0 aliphatic heterocycles. The van der Waals surface area contributed by atoms with Crippen molar-refractivity contribution in [3.05, 3.63) is 83.4 Å². The number of nitrogens with two attached hydrogens (primary N) is 2. The minimum atomic E-state index is -0.967. The number of esters is 1. The summed E-state index contributed by atoms with van der Waals surface area (Å²) in [5.74, 6) is -1.45. The molecule has 10 heteroatoms. The van der Waals surface area contributed by atoms with E-state index >= 15 is 0 Å². The number of ether oxygens (including phenoxy) is 1. The van der Waals surface area contributed by atoms with Gasteiger partial charge < -0.3 is 37.1 Å². The fourth-order valence-corrected chi connectivity index (χ4v) is 3.47. The van der Waals surface area contributed by atoms with Gasteiger partial charge >= 0.3 is 5.97 Å².